The zero-order valence-corrected chi connectivity index (χ0v) is 17.6. The van der Waals surface area contributed by atoms with Crippen LogP contribution in [-0.4, -0.2) is 52.8 Å². The van der Waals surface area contributed by atoms with Crippen molar-refractivity contribution in [2.45, 2.75) is 6.42 Å². The molecule has 5 nitrogen and oxygen atoms in total. The molecule has 154 valence electrons. The SMILES string of the molecule is O=C(c1csc(-c2ccc(Cl)cc2)n1)N1CCCN(C(=O)c2ccccc2F)CC1. The smallest absolute Gasteiger partial charge is 0.273 e. The Hall–Kier alpha value is -2.77. The summed E-state index contributed by atoms with van der Waals surface area (Å²) in [4.78, 5) is 33.4. The number of hydrogen-bond donors (Lipinski definition) is 0. The van der Waals surface area contributed by atoms with Crippen molar-refractivity contribution in [3.8, 4) is 10.6 Å². The van der Waals surface area contributed by atoms with Crippen LogP contribution in [0.2, 0.25) is 5.02 Å². The molecule has 4 rings (SSSR count). The highest BCUT2D eigenvalue weighted by Gasteiger charge is 2.26. The number of carbonyl (C=O) groups is 2. The van der Waals surface area contributed by atoms with Gasteiger partial charge < -0.3 is 9.80 Å². The molecular weight excluding hydrogens is 425 g/mol. The number of rotatable bonds is 3. The molecule has 0 unspecified atom stereocenters. The van der Waals surface area contributed by atoms with Crippen LogP contribution in [0.5, 0.6) is 0 Å². The standard InChI is InChI=1S/C22H19ClFN3O2S/c23-16-8-6-15(7-9-16)20-25-19(14-30-20)22(29)27-11-3-10-26(12-13-27)21(28)17-4-1-2-5-18(17)24/h1-2,4-9,14H,3,10-13H2. The second-order valence-corrected chi connectivity index (χ2v) is 8.26. The Morgan fingerprint density at radius 2 is 1.60 bits per heavy atom. The second kappa shape index (κ2) is 8.93. The fourth-order valence-corrected chi connectivity index (χ4v) is 4.31. The second-order valence-electron chi connectivity index (χ2n) is 6.96. The highest BCUT2D eigenvalue weighted by Crippen LogP contribution is 2.26. The minimum atomic E-state index is -0.531. The summed E-state index contributed by atoms with van der Waals surface area (Å²) in [6.07, 6.45) is 0.625. The minimum absolute atomic E-state index is 0.0596. The predicted octanol–water partition coefficient (Wildman–Crippen LogP) is 4.59. The average Bonchev–Trinajstić information content (AvgIpc) is 3.11. The molecule has 1 aliphatic heterocycles. The van der Waals surface area contributed by atoms with E-state index in [4.69, 9.17) is 11.6 Å². The zero-order valence-electron chi connectivity index (χ0n) is 16.1. The molecule has 0 bridgehead atoms. The molecule has 1 aromatic heterocycles. The summed E-state index contributed by atoms with van der Waals surface area (Å²) in [6.45, 7) is 1.73. The van der Waals surface area contributed by atoms with Crippen LogP contribution >= 0.6 is 22.9 Å². The van der Waals surface area contributed by atoms with Crippen molar-refractivity contribution in [2.75, 3.05) is 26.2 Å². The Bertz CT molecular complexity index is 1070. The first-order valence-corrected chi connectivity index (χ1v) is 10.8. The molecule has 2 aromatic carbocycles. The van der Waals surface area contributed by atoms with Gasteiger partial charge in [0.25, 0.3) is 11.8 Å². The maximum atomic E-state index is 14.0. The van der Waals surface area contributed by atoms with Crippen molar-refractivity contribution in [2.24, 2.45) is 0 Å². The van der Waals surface area contributed by atoms with Crippen LogP contribution in [0.15, 0.2) is 53.9 Å². The summed E-state index contributed by atoms with van der Waals surface area (Å²) in [5.41, 5.74) is 1.35. The van der Waals surface area contributed by atoms with Gasteiger partial charge in [0.15, 0.2) is 0 Å². The molecule has 1 fully saturated rings. The van der Waals surface area contributed by atoms with Crippen molar-refractivity contribution in [1.82, 2.24) is 14.8 Å². The first-order chi connectivity index (χ1) is 14.5. The lowest BCUT2D eigenvalue weighted by Crippen LogP contribution is -2.37. The van der Waals surface area contributed by atoms with Crippen LogP contribution in [0.3, 0.4) is 0 Å². The molecule has 3 aromatic rings. The predicted molar refractivity (Wildman–Crippen MR) is 115 cm³/mol. The van der Waals surface area contributed by atoms with E-state index in [2.05, 4.69) is 4.98 Å². The molecule has 2 heterocycles. The molecule has 8 heteroatoms. The van der Waals surface area contributed by atoms with Crippen LogP contribution in [0.25, 0.3) is 10.6 Å². The lowest BCUT2D eigenvalue weighted by Gasteiger charge is -2.22. The monoisotopic (exact) mass is 443 g/mol. The van der Waals surface area contributed by atoms with E-state index in [9.17, 15) is 14.0 Å². The minimum Gasteiger partial charge on any atom is -0.337 e. The van der Waals surface area contributed by atoms with E-state index in [1.165, 1.54) is 23.5 Å². The summed E-state index contributed by atoms with van der Waals surface area (Å²) in [6, 6.07) is 13.3. The normalized spacial score (nSPS) is 14.5. The van der Waals surface area contributed by atoms with Gasteiger partial charge in [-0.05, 0) is 30.7 Å². The number of nitrogens with zero attached hydrogens (tertiary/aromatic N) is 3. The Balaban J connectivity index is 1.43. The van der Waals surface area contributed by atoms with E-state index in [0.29, 0.717) is 43.3 Å². The third kappa shape index (κ3) is 4.37. The van der Waals surface area contributed by atoms with E-state index in [-0.39, 0.29) is 17.4 Å². The number of thiazole rings is 1. The van der Waals surface area contributed by atoms with Gasteiger partial charge in [-0.15, -0.1) is 11.3 Å². The number of benzene rings is 2. The fourth-order valence-electron chi connectivity index (χ4n) is 3.39. The molecule has 0 N–H and O–H groups in total. The number of hydrogen-bond acceptors (Lipinski definition) is 4. The van der Waals surface area contributed by atoms with E-state index in [1.54, 1.807) is 39.4 Å². The molecule has 1 saturated heterocycles. The maximum absolute atomic E-state index is 14.0. The summed E-state index contributed by atoms with van der Waals surface area (Å²) in [7, 11) is 0. The van der Waals surface area contributed by atoms with Crippen LogP contribution < -0.4 is 0 Å². The zero-order chi connectivity index (χ0) is 21.1. The van der Waals surface area contributed by atoms with Gasteiger partial charge in [-0.3, -0.25) is 9.59 Å². The van der Waals surface area contributed by atoms with Gasteiger partial charge in [0.05, 0.1) is 5.56 Å². The fraction of sp³-hybridized carbons (Fsp3) is 0.227. The Kier molecular flexibility index (Phi) is 6.11. The van der Waals surface area contributed by atoms with Gasteiger partial charge in [-0.25, -0.2) is 9.37 Å². The van der Waals surface area contributed by atoms with E-state index in [0.717, 1.165) is 10.6 Å². The molecule has 0 aliphatic carbocycles. The van der Waals surface area contributed by atoms with Gasteiger partial charge in [0.2, 0.25) is 0 Å². The third-order valence-electron chi connectivity index (χ3n) is 4.99. The Labute approximate surface area is 182 Å². The summed E-state index contributed by atoms with van der Waals surface area (Å²) in [5, 5.41) is 3.14. The molecule has 0 radical (unpaired) electrons. The Morgan fingerprint density at radius 3 is 2.30 bits per heavy atom. The number of carbonyl (C=O) groups excluding carboxylic acids is 2. The summed E-state index contributed by atoms with van der Waals surface area (Å²) >= 11 is 7.33. The lowest BCUT2D eigenvalue weighted by molar-refractivity contribution is 0.0713. The highest BCUT2D eigenvalue weighted by atomic mass is 35.5. The molecule has 1 aliphatic rings. The quantitative estimate of drug-likeness (QED) is 0.595. The van der Waals surface area contributed by atoms with Crippen LogP contribution in [0, 0.1) is 5.82 Å². The van der Waals surface area contributed by atoms with Gasteiger partial charge >= 0.3 is 0 Å². The lowest BCUT2D eigenvalue weighted by atomic mass is 10.2. The number of halogens is 2. The van der Waals surface area contributed by atoms with Gasteiger partial charge in [0.1, 0.15) is 16.5 Å². The van der Waals surface area contributed by atoms with Crippen LogP contribution in [0.1, 0.15) is 27.3 Å². The molecule has 0 spiro atoms. The third-order valence-corrected chi connectivity index (χ3v) is 6.13. The van der Waals surface area contributed by atoms with Crippen molar-refractivity contribution in [3.63, 3.8) is 0 Å². The highest BCUT2D eigenvalue weighted by molar-refractivity contribution is 7.13. The first-order valence-electron chi connectivity index (χ1n) is 9.57. The number of aromatic nitrogens is 1. The molecular formula is C22H19ClFN3O2S. The molecule has 0 saturated carbocycles. The molecule has 2 amide bonds. The van der Waals surface area contributed by atoms with E-state index < -0.39 is 5.82 Å². The van der Waals surface area contributed by atoms with Crippen molar-refractivity contribution in [3.05, 3.63) is 76.0 Å². The molecule has 0 atom stereocenters. The van der Waals surface area contributed by atoms with E-state index >= 15 is 0 Å². The van der Waals surface area contributed by atoms with Crippen LogP contribution in [0.4, 0.5) is 4.39 Å². The number of amides is 2. The summed E-state index contributed by atoms with van der Waals surface area (Å²) in [5.74, 6) is -1.04. The summed E-state index contributed by atoms with van der Waals surface area (Å²) < 4.78 is 14.0. The Morgan fingerprint density at radius 1 is 0.933 bits per heavy atom. The van der Waals surface area contributed by atoms with Crippen molar-refractivity contribution >= 4 is 34.8 Å². The largest absolute Gasteiger partial charge is 0.337 e. The first kappa shape index (κ1) is 20.5. The molecule has 30 heavy (non-hydrogen) atoms. The average molecular weight is 444 g/mol. The topological polar surface area (TPSA) is 53.5 Å². The van der Waals surface area contributed by atoms with Crippen LogP contribution in [-0.2, 0) is 0 Å². The van der Waals surface area contributed by atoms with Gasteiger partial charge in [-0.1, -0.05) is 35.9 Å². The van der Waals surface area contributed by atoms with Gasteiger partial charge in [0, 0.05) is 42.1 Å². The maximum Gasteiger partial charge on any atom is 0.273 e. The van der Waals surface area contributed by atoms with Crippen molar-refractivity contribution in [1.29, 1.82) is 0 Å². The van der Waals surface area contributed by atoms with E-state index in [1.807, 2.05) is 12.1 Å². The van der Waals surface area contributed by atoms with Crippen molar-refractivity contribution < 1.29 is 14.0 Å². The van der Waals surface area contributed by atoms with Gasteiger partial charge in [-0.2, -0.15) is 0 Å².